The molecule has 56 valence electrons. The third kappa shape index (κ3) is 2.52. The van der Waals surface area contributed by atoms with Gasteiger partial charge in [0.15, 0.2) is 0 Å². The van der Waals surface area contributed by atoms with Crippen molar-refractivity contribution in [2.75, 3.05) is 0 Å². The Balaban J connectivity index is 0.000000640. The average molecular weight is 152 g/mol. The lowest BCUT2D eigenvalue weighted by Gasteiger charge is -2.14. The SMILES string of the molecule is C[C@]1(N)CC[C@H](O)C1.Cl. The molecule has 0 radical (unpaired) electrons. The summed E-state index contributed by atoms with van der Waals surface area (Å²) in [6.45, 7) is 1.99. The third-order valence-electron chi connectivity index (χ3n) is 1.75. The molecular weight excluding hydrogens is 138 g/mol. The minimum Gasteiger partial charge on any atom is -0.393 e. The van der Waals surface area contributed by atoms with Gasteiger partial charge in [-0.2, -0.15) is 0 Å². The van der Waals surface area contributed by atoms with Crippen molar-refractivity contribution in [3.8, 4) is 0 Å². The summed E-state index contributed by atoms with van der Waals surface area (Å²) in [6.07, 6.45) is 2.48. The Hall–Kier alpha value is 0.210. The first kappa shape index (κ1) is 9.21. The quantitative estimate of drug-likeness (QED) is 0.535. The van der Waals surface area contributed by atoms with E-state index in [2.05, 4.69) is 0 Å². The van der Waals surface area contributed by atoms with Gasteiger partial charge in [0.25, 0.3) is 0 Å². The molecule has 0 aromatic heterocycles. The molecule has 2 nitrogen and oxygen atoms in total. The van der Waals surface area contributed by atoms with Crippen LogP contribution < -0.4 is 5.73 Å². The van der Waals surface area contributed by atoms with Crippen LogP contribution in [0.1, 0.15) is 26.2 Å². The van der Waals surface area contributed by atoms with Gasteiger partial charge in [0.1, 0.15) is 0 Å². The van der Waals surface area contributed by atoms with E-state index in [0.29, 0.717) is 0 Å². The Kier molecular flexibility index (Phi) is 2.93. The van der Waals surface area contributed by atoms with Gasteiger partial charge in [-0.1, -0.05) is 0 Å². The van der Waals surface area contributed by atoms with Gasteiger partial charge in [0.2, 0.25) is 0 Å². The molecule has 0 bridgehead atoms. The second kappa shape index (κ2) is 2.86. The van der Waals surface area contributed by atoms with E-state index in [0.717, 1.165) is 19.3 Å². The highest BCUT2D eigenvalue weighted by Gasteiger charge is 2.29. The van der Waals surface area contributed by atoms with Gasteiger partial charge >= 0.3 is 0 Å². The molecule has 1 fully saturated rings. The first-order valence-electron chi connectivity index (χ1n) is 3.07. The number of rotatable bonds is 0. The van der Waals surface area contributed by atoms with E-state index in [1.54, 1.807) is 0 Å². The molecule has 0 aliphatic heterocycles. The summed E-state index contributed by atoms with van der Waals surface area (Å²) in [5, 5.41) is 8.98. The summed E-state index contributed by atoms with van der Waals surface area (Å²) in [5.74, 6) is 0. The van der Waals surface area contributed by atoms with Crippen molar-refractivity contribution in [1.29, 1.82) is 0 Å². The van der Waals surface area contributed by atoms with E-state index in [4.69, 9.17) is 10.8 Å². The normalized spacial score (nSPS) is 42.3. The topological polar surface area (TPSA) is 46.2 Å². The molecule has 1 aliphatic carbocycles. The van der Waals surface area contributed by atoms with Crippen molar-refractivity contribution >= 4 is 12.4 Å². The fraction of sp³-hybridized carbons (Fsp3) is 1.00. The summed E-state index contributed by atoms with van der Waals surface area (Å²) in [5.41, 5.74) is 5.62. The minimum absolute atomic E-state index is 0. The lowest BCUT2D eigenvalue weighted by Crippen LogP contribution is -2.32. The second-order valence-corrected chi connectivity index (χ2v) is 3.05. The van der Waals surface area contributed by atoms with E-state index in [1.807, 2.05) is 6.92 Å². The molecule has 0 spiro atoms. The summed E-state index contributed by atoms with van der Waals surface area (Å²) in [4.78, 5) is 0. The lowest BCUT2D eigenvalue weighted by molar-refractivity contribution is 0.176. The Morgan fingerprint density at radius 2 is 2.22 bits per heavy atom. The summed E-state index contributed by atoms with van der Waals surface area (Å²) >= 11 is 0. The van der Waals surface area contributed by atoms with Crippen molar-refractivity contribution in [3.63, 3.8) is 0 Å². The Morgan fingerprint density at radius 1 is 1.67 bits per heavy atom. The summed E-state index contributed by atoms with van der Waals surface area (Å²) in [7, 11) is 0. The number of aliphatic hydroxyl groups is 1. The van der Waals surface area contributed by atoms with Crippen LogP contribution in [-0.2, 0) is 0 Å². The van der Waals surface area contributed by atoms with Gasteiger partial charge in [-0.05, 0) is 26.2 Å². The van der Waals surface area contributed by atoms with Gasteiger partial charge in [-0.3, -0.25) is 0 Å². The molecule has 0 amide bonds. The van der Waals surface area contributed by atoms with Crippen LogP contribution in [0.4, 0.5) is 0 Å². The lowest BCUT2D eigenvalue weighted by atomic mass is 10.0. The molecule has 0 aromatic rings. The largest absolute Gasteiger partial charge is 0.393 e. The van der Waals surface area contributed by atoms with Crippen molar-refractivity contribution in [3.05, 3.63) is 0 Å². The van der Waals surface area contributed by atoms with Gasteiger partial charge in [-0.15, -0.1) is 12.4 Å². The highest BCUT2D eigenvalue weighted by molar-refractivity contribution is 5.85. The smallest absolute Gasteiger partial charge is 0.0558 e. The van der Waals surface area contributed by atoms with Crippen molar-refractivity contribution in [2.24, 2.45) is 5.73 Å². The molecular formula is C6H14ClNO. The standard InChI is InChI=1S/C6H13NO.ClH/c1-6(7)3-2-5(8)4-6;/h5,8H,2-4,7H2,1H3;1H/t5-,6-;/m0./s1. The number of nitrogens with two attached hydrogens (primary N) is 1. The predicted molar refractivity (Wildman–Crippen MR) is 39.7 cm³/mol. The van der Waals surface area contributed by atoms with Crippen LogP contribution in [0.5, 0.6) is 0 Å². The Morgan fingerprint density at radius 3 is 2.33 bits per heavy atom. The first-order valence-corrected chi connectivity index (χ1v) is 3.07. The molecule has 1 aliphatic rings. The Bertz CT molecular complexity index is 95.1. The molecule has 1 saturated carbocycles. The van der Waals surface area contributed by atoms with E-state index in [-0.39, 0.29) is 24.0 Å². The zero-order valence-electron chi connectivity index (χ0n) is 5.63. The van der Waals surface area contributed by atoms with Crippen LogP contribution in [0.3, 0.4) is 0 Å². The predicted octanol–water partition coefficient (Wildman–Crippen LogP) is 0.670. The minimum atomic E-state index is -0.134. The van der Waals surface area contributed by atoms with E-state index in [1.165, 1.54) is 0 Å². The molecule has 3 N–H and O–H groups in total. The van der Waals surface area contributed by atoms with Gasteiger partial charge in [-0.25, -0.2) is 0 Å². The molecule has 2 atom stereocenters. The van der Waals surface area contributed by atoms with Crippen LogP contribution >= 0.6 is 12.4 Å². The number of hydrogen-bond acceptors (Lipinski definition) is 2. The average Bonchev–Trinajstić information content (AvgIpc) is 1.82. The van der Waals surface area contributed by atoms with E-state index < -0.39 is 0 Å². The van der Waals surface area contributed by atoms with Crippen molar-refractivity contribution in [2.45, 2.75) is 37.8 Å². The third-order valence-corrected chi connectivity index (χ3v) is 1.75. The fourth-order valence-corrected chi connectivity index (χ4v) is 1.24. The summed E-state index contributed by atoms with van der Waals surface area (Å²) in [6, 6.07) is 0. The number of hydrogen-bond donors (Lipinski definition) is 2. The van der Waals surface area contributed by atoms with Crippen LogP contribution in [0.2, 0.25) is 0 Å². The number of aliphatic hydroxyl groups excluding tert-OH is 1. The molecule has 0 saturated heterocycles. The first-order chi connectivity index (χ1) is 3.60. The zero-order valence-corrected chi connectivity index (χ0v) is 6.45. The zero-order chi connectivity index (χ0) is 6.20. The highest BCUT2D eigenvalue weighted by Crippen LogP contribution is 2.26. The van der Waals surface area contributed by atoms with Gasteiger partial charge in [0.05, 0.1) is 6.10 Å². The van der Waals surface area contributed by atoms with E-state index in [9.17, 15) is 0 Å². The van der Waals surface area contributed by atoms with Crippen LogP contribution in [0, 0.1) is 0 Å². The maximum absolute atomic E-state index is 8.98. The van der Waals surface area contributed by atoms with E-state index >= 15 is 0 Å². The summed E-state index contributed by atoms with van der Waals surface area (Å²) < 4.78 is 0. The maximum Gasteiger partial charge on any atom is 0.0558 e. The molecule has 0 heterocycles. The van der Waals surface area contributed by atoms with Crippen molar-refractivity contribution < 1.29 is 5.11 Å². The highest BCUT2D eigenvalue weighted by atomic mass is 35.5. The molecule has 1 rings (SSSR count). The van der Waals surface area contributed by atoms with Crippen LogP contribution in [-0.4, -0.2) is 16.7 Å². The molecule has 0 unspecified atom stereocenters. The maximum atomic E-state index is 8.98. The fourth-order valence-electron chi connectivity index (χ4n) is 1.24. The van der Waals surface area contributed by atoms with Crippen LogP contribution in [0.15, 0.2) is 0 Å². The van der Waals surface area contributed by atoms with Crippen LogP contribution in [0.25, 0.3) is 0 Å². The molecule has 9 heavy (non-hydrogen) atoms. The second-order valence-electron chi connectivity index (χ2n) is 3.05. The molecule has 3 heteroatoms. The molecule has 0 aromatic carbocycles. The monoisotopic (exact) mass is 151 g/mol. The van der Waals surface area contributed by atoms with Gasteiger partial charge < -0.3 is 10.8 Å². The Labute approximate surface area is 61.8 Å². The van der Waals surface area contributed by atoms with Crippen molar-refractivity contribution in [1.82, 2.24) is 0 Å². The van der Waals surface area contributed by atoms with Gasteiger partial charge in [0, 0.05) is 5.54 Å². The number of halogens is 1.